The minimum Gasteiger partial charge on any atom is -0.385 e. The minimum atomic E-state index is -5.25. The van der Waals surface area contributed by atoms with E-state index >= 15 is 0 Å². The van der Waals surface area contributed by atoms with E-state index in [9.17, 15) is 21.6 Å². The van der Waals surface area contributed by atoms with Gasteiger partial charge in [-0.3, -0.25) is 4.99 Å². The first-order valence-corrected chi connectivity index (χ1v) is 11.1. The monoisotopic (exact) mass is 435 g/mol. The maximum absolute atomic E-state index is 12.7. The Morgan fingerprint density at radius 2 is 1.86 bits per heavy atom. The molecule has 1 heterocycles. The van der Waals surface area contributed by atoms with Crippen molar-refractivity contribution in [1.82, 2.24) is 14.9 Å². The van der Waals surface area contributed by atoms with Crippen molar-refractivity contribution in [2.75, 3.05) is 38.0 Å². The highest BCUT2D eigenvalue weighted by molar-refractivity contribution is 7.90. The highest BCUT2D eigenvalue weighted by atomic mass is 32.2. The summed E-state index contributed by atoms with van der Waals surface area (Å²) in [6, 6.07) is 9.71. The lowest BCUT2D eigenvalue weighted by Crippen LogP contribution is -2.51. The first-order chi connectivity index (χ1) is 13.7. The molecule has 0 atom stereocenters. The minimum absolute atomic E-state index is 0.130. The van der Waals surface area contributed by atoms with Crippen molar-refractivity contribution < 1.29 is 21.6 Å². The first-order valence-electron chi connectivity index (χ1n) is 9.64. The fourth-order valence-corrected chi connectivity index (χ4v) is 3.94. The average Bonchev–Trinajstić information content (AvgIpc) is 2.68. The summed E-state index contributed by atoms with van der Waals surface area (Å²) in [5.41, 5.74) is -4.21. The number of benzene rings is 1. The van der Waals surface area contributed by atoms with Crippen LogP contribution in [0.1, 0.15) is 26.2 Å². The fraction of sp³-hybridized carbons (Fsp3) is 0.611. The molecule has 1 aromatic rings. The molecule has 7 nitrogen and oxygen atoms in total. The molecule has 1 saturated heterocycles. The molecule has 11 heteroatoms. The van der Waals surface area contributed by atoms with Crippen LogP contribution in [0.5, 0.6) is 0 Å². The number of sulfonamides is 1. The molecule has 1 aliphatic rings. The van der Waals surface area contributed by atoms with Gasteiger partial charge in [0.15, 0.2) is 5.96 Å². The molecule has 0 aromatic heterocycles. The molecule has 0 aliphatic carbocycles. The molecule has 1 fully saturated rings. The van der Waals surface area contributed by atoms with Gasteiger partial charge in [0.2, 0.25) is 0 Å². The number of hydrogen-bond acceptors (Lipinski definition) is 4. The topological polar surface area (TPSA) is 85.8 Å². The van der Waals surface area contributed by atoms with Gasteiger partial charge in [0.1, 0.15) is 0 Å². The largest absolute Gasteiger partial charge is 0.511 e. The number of para-hydroxylation sites is 1. The van der Waals surface area contributed by atoms with Gasteiger partial charge in [-0.25, -0.2) is 8.42 Å². The number of anilines is 1. The smallest absolute Gasteiger partial charge is 0.385 e. The van der Waals surface area contributed by atoms with Crippen LogP contribution < -0.4 is 16.0 Å². The predicted molar refractivity (Wildman–Crippen MR) is 108 cm³/mol. The molecule has 29 heavy (non-hydrogen) atoms. The summed E-state index contributed by atoms with van der Waals surface area (Å²) in [6.07, 6.45) is 1.39. The van der Waals surface area contributed by atoms with Gasteiger partial charge in [0.05, 0.1) is 0 Å². The number of alkyl halides is 3. The summed E-state index contributed by atoms with van der Waals surface area (Å²) in [6.45, 7) is 3.58. The Bertz CT molecular complexity index is 749. The Morgan fingerprint density at radius 1 is 1.21 bits per heavy atom. The second-order valence-electron chi connectivity index (χ2n) is 6.68. The summed E-state index contributed by atoms with van der Waals surface area (Å²) >= 11 is 0. The van der Waals surface area contributed by atoms with Crippen molar-refractivity contribution in [3.8, 4) is 0 Å². The van der Waals surface area contributed by atoms with Crippen molar-refractivity contribution in [2.24, 2.45) is 4.99 Å². The third kappa shape index (κ3) is 7.07. The lowest BCUT2D eigenvalue weighted by molar-refractivity contribution is -0.0494. The molecule has 164 valence electrons. The Labute approximate surface area is 169 Å². The number of halogens is 3. The molecular formula is C18H28F3N5O2S. The van der Waals surface area contributed by atoms with Gasteiger partial charge < -0.3 is 16.0 Å². The Kier molecular flexibility index (Phi) is 8.57. The van der Waals surface area contributed by atoms with Gasteiger partial charge >= 0.3 is 15.5 Å². The SMILES string of the molecule is CCNC(=NCCCNc1ccccc1)NC1CCN(S(=O)(=O)C(F)(F)F)CC1. The second kappa shape index (κ2) is 10.7. The molecule has 1 aromatic carbocycles. The summed E-state index contributed by atoms with van der Waals surface area (Å²) in [5, 5.41) is 9.60. The molecule has 2 rings (SSSR count). The molecule has 1 aliphatic heterocycles. The van der Waals surface area contributed by atoms with Gasteiger partial charge in [0, 0.05) is 44.5 Å². The van der Waals surface area contributed by atoms with E-state index in [4.69, 9.17) is 0 Å². The number of rotatable bonds is 8. The average molecular weight is 436 g/mol. The zero-order chi connectivity index (χ0) is 21.3. The molecular weight excluding hydrogens is 407 g/mol. The summed E-state index contributed by atoms with van der Waals surface area (Å²) in [7, 11) is -5.25. The van der Waals surface area contributed by atoms with Crippen molar-refractivity contribution in [1.29, 1.82) is 0 Å². The van der Waals surface area contributed by atoms with Gasteiger partial charge in [0.25, 0.3) is 0 Å². The Balaban J connectivity index is 1.78. The van der Waals surface area contributed by atoms with E-state index in [1.165, 1.54) is 0 Å². The number of guanidine groups is 1. The third-order valence-corrected chi connectivity index (χ3v) is 6.11. The van der Waals surface area contributed by atoms with Crippen molar-refractivity contribution in [3.63, 3.8) is 0 Å². The van der Waals surface area contributed by atoms with Crippen LogP contribution in [-0.2, 0) is 10.0 Å². The summed E-state index contributed by atoms with van der Waals surface area (Å²) in [4.78, 5) is 4.49. The molecule has 0 spiro atoms. The lowest BCUT2D eigenvalue weighted by Gasteiger charge is -2.32. The molecule has 0 amide bonds. The van der Waals surface area contributed by atoms with Crippen molar-refractivity contribution in [3.05, 3.63) is 30.3 Å². The quantitative estimate of drug-likeness (QED) is 0.332. The van der Waals surface area contributed by atoms with Gasteiger partial charge in [-0.2, -0.15) is 17.5 Å². The zero-order valence-electron chi connectivity index (χ0n) is 16.4. The molecule has 0 bridgehead atoms. The van der Waals surface area contributed by atoms with Crippen LogP contribution in [0.25, 0.3) is 0 Å². The summed E-state index contributed by atoms with van der Waals surface area (Å²) in [5.74, 6) is 0.587. The van der Waals surface area contributed by atoms with E-state index in [0.717, 1.165) is 18.7 Å². The van der Waals surface area contributed by atoms with Crippen molar-refractivity contribution >= 4 is 21.7 Å². The Morgan fingerprint density at radius 3 is 2.45 bits per heavy atom. The van der Waals surface area contributed by atoms with E-state index < -0.39 is 15.5 Å². The first kappa shape index (κ1) is 23.3. The second-order valence-corrected chi connectivity index (χ2v) is 8.60. The lowest BCUT2D eigenvalue weighted by atomic mass is 10.1. The van der Waals surface area contributed by atoms with E-state index in [0.29, 0.717) is 23.4 Å². The van der Waals surface area contributed by atoms with Crippen LogP contribution in [0.4, 0.5) is 18.9 Å². The highest BCUT2D eigenvalue weighted by Crippen LogP contribution is 2.28. The third-order valence-electron chi connectivity index (χ3n) is 4.48. The Hall–Kier alpha value is -2.01. The van der Waals surface area contributed by atoms with Crippen LogP contribution in [0, 0.1) is 0 Å². The highest BCUT2D eigenvalue weighted by Gasteiger charge is 2.50. The number of piperidine rings is 1. The zero-order valence-corrected chi connectivity index (χ0v) is 17.2. The maximum Gasteiger partial charge on any atom is 0.511 e. The van der Waals surface area contributed by atoms with E-state index in [2.05, 4.69) is 20.9 Å². The van der Waals surface area contributed by atoms with Crippen molar-refractivity contribution in [2.45, 2.75) is 37.7 Å². The number of aliphatic imine (C=N–C) groups is 1. The van der Waals surface area contributed by atoms with Crippen LogP contribution in [0.2, 0.25) is 0 Å². The van der Waals surface area contributed by atoms with E-state index in [1.54, 1.807) is 0 Å². The normalized spacial score (nSPS) is 17.2. The predicted octanol–water partition coefficient (Wildman–Crippen LogP) is 2.36. The molecule has 0 unspecified atom stereocenters. The summed E-state index contributed by atoms with van der Waals surface area (Å²) < 4.78 is 61.4. The van der Waals surface area contributed by atoms with Crippen LogP contribution in [-0.4, -0.2) is 63.0 Å². The van der Waals surface area contributed by atoms with Gasteiger partial charge in [-0.1, -0.05) is 18.2 Å². The van der Waals surface area contributed by atoms with Gasteiger partial charge in [-0.15, -0.1) is 0 Å². The molecule has 0 radical (unpaired) electrons. The maximum atomic E-state index is 12.7. The number of nitrogens with zero attached hydrogens (tertiary/aromatic N) is 2. The van der Waals surface area contributed by atoms with E-state index in [1.807, 2.05) is 37.3 Å². The fourth-order valence-electron chi connectivity index (χ4n) is 2.96. The standard InChI is InChI=1S/C18H28F3N5O2S/c1-2-22-17(24-12-6-11-23-15-7-4-3-5-8-15)25-16-9-13-26(14-10-16)29(27,28)18(19,20)21/h3-5,7-8,16,23H,2,6,9-14H2,1H3,(H2,22,24,25). The number of hydrogen-bond donors (Lipinski definition) is 3. The van der Waals surface area contributed by atoms with Crippen LogP contribution in [0.3, 0.4) is 0 Å². The molecule has 0 saturated carbocycles. The molecule has 3 N–H and O–H groups in total. The number of nitrogens with one attached hydrogen (secondary N) is 3. The van der Waals surface area contributed by atoms with E-state index in [-0.39, 0.29) is 32.0 Å². The van der Waals surface area contributed by atoms with Crippen LogP contribution in [0.15, 0.2) is 35.3 Å². The van der Waals surface area contributed by atoms with Crippen LogP contribution >= 0.6 is 0 Å². The van der Waals surface area contributed by atoms with Gasteiger partial charge in [-0.05, 0) is 38.3 Å².